The fourth-order valence-corrected chi connectivity index (χ4v) is 3.05. The molecule has 7 nitrogen and oxygen atoms in total. The number of aryl methyl sites for hydroxylation is 1. The number of nitro benzene ring substituents is 1. The summed E-state index contributed by atoms with van der Waals surface area (Å²) in [5.41, 5.74) is 1.39. The molecule has 0 unspecified atom stereocenters. The minimum Gasteiger partial charge on any atom is -0.321 e. The molecule has 3 aromatic rings. The monoisotopic (exact) mass is 381 g/mol. The number of carbonyl (C=O) groups is 2. The average Bonchev–Trinajstić information content (AvgIpc) is 3.18. The minimum absolute atomic E-state index is 0.114. The Hall–Kier alpha value is -3.52. The maximum absolute atomic E-state index is 12.5. The van der Waals surface area contributed by atoms with Gasteiger partial charge in [-0.2, -0.15) is 0 Å². The molecule has 2 amide bonds. The second kappa shape index (κ2) is 7.79. The molecule has 1 heterocycles. The maximum atomic E-state index is 12.5. The van der Waals surface area contributed by atoms with Crippen LogP contribution in [0.5, 0.6) is 0 Å². The number of rotatable bonds is 5. The lowest BCUT2D eigenvalue weighted by Crippen LogP contribution is -2.15. The number of hydrogen-bond donors (Lipinski definition) is 2. The Labute approximate surface area is 158 Å². The zero-order valence-electron chi connectivity index (χ0n) is 14.3. The maximum Gasteiger partial charge on any atom is 0.293 e. The van der Waals surface area contributed by atoms with Crippen molar-refractivity contribution in [1.82, 2.24) is 0 Å². The Morgan fingerprint density at radius 3 is 2.52 bits per heavy atom. The summed E-state index contributed by atoms with van der Waals surface area (Å²) in [6.07, 6.45) is 0. The molecule has 0 aliphatic heterocycles. The molecule has 0 saturated carbocycles. The largest absolute Gasteiger partial charge is 0.321 e. The molecule has 0 bridgehead atoms. The summed E-state index contributed by atoms with van der Waals surface area (Å²) in [6.45, 7) is 1.73. The van der Waals surface area contributed by atoms with Gasteiger partial charge in [0.15, 0.2) is 0 Å². The van der Waals surface area contributed by atoms with Gasteiger partial charge in [0.05, 0.1) is 9.80 Å². The van der Waals surface area contributed by atoms with Crippen LogP contribution in [0, 0.1) is 17.0 Å². The fraction of sp³-hybridized carbons (Fsp3) is 0.0526. The average molecular weight is 381 g/mol. The van der Waals surface area contributed by atoms with Crippen LogP contribution in [0.2, 0.25) is 0 Å². The van der Waals surface area contributed by atoms with E-state index in [0.717, 1.165) is 5.56 Å². The first-order valence-electron chi connectivity index (χ1n) is 7.95. The van der Waals surface area contributed by atoms with E-state index in [2.05, 4.69) is 10.6 Å². The summed E-state index contributed by atoms with van der Waals surface area (Å²) in [7, 11) is 0. The molecule has 27 heavy (non-hydrogen) atoms. The van der Waals surface area contributed by atoms with E-state index in [1.165, 1.54) is 29.5 Å². The molecule has 8 heteroatoms. The van der Waals surface area contributed by atoms with Gasteiger partial charge in [0.25, 0.3) is 17.5 Å². The highest BCUT2D eigenvalue weighted by molar-refractivity contribution is 7.12. The van der Waals surface area contributed by atoms with Gasteiger partial charge in [-0.15, -0.1) is 11.3 Å². The van der Waals surface area contributed by atoms with Crippen molar-refractivity contribution in [3.8, 4) is 0 Å². The number of nitrogens with one attached hydrogen (secondary N) is 2. The number of carbonyl (C=O) groups excluding carboxylic acids is 2. The third-order valence-corrected chi connectivity index (χ3v) is 4.59. The molecule has 136 valence electrons. The molecule has 3 rings (SSSR count). The van der Waals surface area contributed by atoms with Crippen molar-refractivity contribution in [1.29, 1.82) is 0 Å². The lowest BCUT2D eigenvalue weighted by molar-refractivity contribution is -0.384. The van der Waals surface area contributed by atoms with Gasteiger partial charge in [0, 0.05) is 17.3 Å². The van der Waals surface area contributed by atoms with Crippen molar-refractivity contribution in [2.24, 2.45) is 0 Å². The predicted molar refractivity (Wildman–Crippen MR) is 105 cm³/mol. The van der Waals surface area contributed by atoms with E-state index in [1.807, 2.05) is 0 Å². The number of nitrogens with zero attached hydrogens (tertiary/aromatic N) is 1. The number of benzene rings is 2. The van der Waals surface area contributed by atoms with Crippen LogP contribution < -0.4 is 10.6 Å². The first-order valence-corrected chi connectivity index (χ1v) is 8.83. The van der Waals surface area contributed by atoms with Crippen LogP contribution in [0.25, 0.3) is 0 Å². The second-order valence-corrected chi connectivity index (χ2v) is 6.69. The van der Waals surface area contributed by atoms with Crippen LogP contribution in [-0.4, -0.2) is 16.7 Å². The van der Waals surface area contributed by atoms with Crippen molar-refractivity contribution < 1.29 is 14.5 Å². The van der Waals surface area contributed by atoms with Crippen molar-refractivity contribution in [2.45, 2.75) is 6.92 Å². The molecule has 0 spiro atoms. The molecule has 0 aliphatic rings. The Kier molecular flexibility index (Phi) is 5.28. The van der Waals surface area contributed by atoms with Gasteiger partial charge in [-0.05, 0) is 48.2 Å². The van der Waals surface area contributed by atoms with Gasteiger partial charge in [0.1, 0.15) is 5.69 Å². The normalized spacial score (nSPS) is 10.3. The molecule has 0 saturated heterocycles. The van der Waals surface area contributed by atoms with Gasteiger partial charge in [-0.1, -0.05) is 18.2 Å². The lowest BCUT2D eigenvalue weighted by Gasteiger charge is -2.09. The summed E-state index contributed by atoms with van der Waals surface area (Å²) >= 11 is 1.31. The minimum atomic E-state index is -0.541. The number of thiophene rings is 1. The Morgan fingerprint density at radius 1 is 1.00 bits per heavy atom. The van der Waals surface area contributed by atoms with Crippen molar-refractivity contribution in [3.05, 3.63) is 86.1 Å². The summed E-state index contributed by atoms with van der Waals surface area (Å²) < 4.78 is 0. The first kappa shape index (κ1) is 18.3. The molecule has 0 fully saturated rings. The van der Waals surface area contributed by atoms with Crippen molar-refractivity contribution >= 4 is 40.2 Å². The Morgan fingerprint density at radius 2 is 1.81 bits per heavy atom. The van der Waals surface area contributed by atoms with E-state index in [1.54, 1.807) is 48.7 Å². The quantitative estimate of drug-likeness (QED) is 0.503. The molecule has 2 aromatic carbocycles. The standard InChI is InChI=1S/C19H15N3O4S/c1-12-7-8-15(16(10-12)22(25)26)21-18(23)13-4-2-5-14(11-13)20-19(24)17-6-3-9-27-17/h2-11H,1H3,(H,20,24)(H,21,23). The van der Waals surface area contributed by atoms with E-state index in [4.69, 9.17) is 0 Å². The van der Waals surface area contributed by atoms with Gasteiger partial charge >= 0.3 is 0 Å². The van der Waals surface area contributed by atoms with E-state index >= 15 is 0 Å². The number of nitro groups is 1. The molecule has 0 aliphatic carbocycles. The van der Waals surface area contributed by atoms with Gasteiger partial charge in [-0.3, -0.25) is 19.7 Å². The van der Waals surface area contributed by atoms with Crippen LogP contribution >= 0.6 is 11.3 Å². The van der Waals surface area contributed by atoms with E-state index in [0.29, 0.717) is 10.6 Å². The lowest BCUT2D eigenvalue weighted by atomic mass is 10.1. The molecule has 0 radical (unpaired) electrons. The number of anilines is 2. The highest BCUT2D eigenvalue weighted by Crippen LogP contribution is 2.26. The fourth-order valence-electron chi connectivity index (χ4n) is 2.43. The molecule has 2 N–H and O–H groups in total. The summed E-state index contributed by atoms with van der Waals surface area (Å²) in [5.74, 6) is -0.772. The zero-order chi connectivity index (χ0) is 19.4. The molecular formula is C19H15N3O4S. The molecular weight excluding hydrogens is 366 g/mol. The predicted octanol–water partition coefficient (Wildman–Crippen LogP) is 4.47. The van der Waals surface area contributed by atoms with Crippen LogP contribution in [0.4, 0.5) is 17.1 Å². The van der Waals surface area contributed by atoms with E-state index < -0.39 is 10.8 Å². The SMILES string of the molecule is Cc1ccc(NC(=O)c2cccc(NC(=O)c3cccs3)c2)c([N+](=O)[O-])c1. The highest BCUT2D eigenvalue weighted by atomic mass is 32.1. The van der Waals surface area contributed by atoms with Crippen LogP contribution in [0.3, 0.4) is 0 Å². The van der Waals surface area contributed by atoms with Gasteiger partial charge in [-0.25, -0.2) is 0 Å². The second-order valence-electron chi connectivity index (χ2n) is 5.74. The smallest absolute Gasteiger partial charge is 0.293 e. The third kappa shape index (κ3) is 4.36. The van der Waals surface area contributed by atoms with E-state index in [9.17, 15) is 19.7 Å². The van der Waals surface area contributed by atoms with Gasteiger partial charge in [0.2, 0.25) is 0 Å². The number of hydrogen-bond acceptors (Lipinski definition) is 5. The third-order valence-electron chi connectivity index (χ3n) is 3.73. The Bertz CT molecular complexity index is 1020. The summed E-state index contributed by atoms with van der Waals surface area (Å²) in [4.78, 5) is 35.8. The van der Waals surface area contributed by atoms with Crippen molar-refractivity contribution in [2.75, 3.05) is 10.6 Å². The van der Waals surface area contributed by atoms with Crippen LogP contribution in [-0.2, 0) is 0 Å². The summed E-state index contributed by atoms with van der Waals surface area (Å²) in [5, 5.41) is 18.3. The van der Waals surface area contributed by atoms with E-state index in [-0.39, 0.29) is 22.8 Å². The highest BCUT2D eigenvalue weighted by Gasteiger charge is 2.17. The van der Waals surface area contributed by atoms with Crippen LogP contribution in [0.15, 0.2) is 60.0 Å². The van der Waals surface area contributed by atoms with Crippen molar-refractivity contribution in [3.63, 3.8) is 0 Å². The zero-order valence-corrected chi connectivity index (χ0v) is 15.1. The number of amides is 2. The van der Waals surface area contributed by atoms with Crippen LogP contribution in [0.1, 0.15) is 25.6 Å². The molecule has 0 atom stereocenters. The molecule has 1 aromatic heterocycles. The van der Waals surface area contributed by atoms with Gasteiger partial charge < -0.3 is 10.6 Å². The first-order chi connectivity index (χ1) is 12.9. The summed E-state index contributed by atoms with van der Waals surface area (Å²) in [6, 6.07) is 14.4. The Balaban J connectivity index is 1.78. The topological polar surface area (TPSA) is 101 Å².